The van der Waals surface area contributed by atoms with Crippen LogP contribution in [-0.2, 0) is 9.59 Å². The normalized spacial score (nSPS) is 15.1. The van der Waals surface area contributed by atoms with E-state index in [4.69, 9.17) is 11.6 Å². The molecule has 4 rings (SSSR count). The van der Waals surface area contributed by atoms with Gasteiger partial charge in [0.1, 0.15) is 11.6 Å². The lowest BCUT2D eigenvalue weighted by molar-refractivity contribution is -0.385. The average Bonchev–Trinajstić information content (AvgIpc) is 3.15. The Morgan fingerprint density at radius 1 is 1.00 bits per heavy atom. The van der Waals surface area contributed by atoms with Crippen molar-refractivity contribution in [3.63, 3.8) is 0 Å². The van der Waals surface area contributed by atoms with Gasteiger partial charge in [0.15, 0.2) is 0 Å². The topological polar surface area (TPSA) is 130 Å². The van der Waals surface area contributed by atoms with Crippen molar-refractivity contribution in [2.75, 3.05) is 4.90 Å². The van der Waals surface area contributed by atoms with E-state index in [1.807, 2.05) is 0 Å². The number of imide groups is 1. The molecule has 0 aromatic heterocycles. The van der Waals surface area contributed by atoms with Crippen LogP contribution in [0.15, 0.2) is 78.9 Å². The molecule has 0 aliphatic carbocycles. The zero-order valence-corrected chi connectivity index (χ0v) is 18.7. The predicted molar refractivity (Wildman–Crippen MR) is 126 cm³/mol. The number of hydrogen-bond acceptors (Lipinski definition) is 6. The average molecular weight is 493 g/mol. The Labute approximate surface area is 203 Å². The van der Waals surface area contributed by atoms with Crippen LogP contribution in [0.25, 0.3) is 0 Å². The number of nitrogens with zero attached hydrogens (tertiary/aromatic N) is 3. The van der Waals surface area contributed by atoms with Gasteiger partial charge in [-0.25, -0.2) is 9.91 Å². The third kappa shape index (κ3) is 4.73. The molecule has 0 saturated carbocycles. The molecule has 10 nitrogen and oxygen atoms in total. The summed E-state index contributed by atoms with van der Waals surface area (Å²) in [7, 11) is 0. The first-order chi connectivity index (χ1) is 16.8. The molecule has 4 amide bonds. The smallest absolute Gasteiger partial charge is 0.274 e. The lowest BCUT2D eigenvalue weighted by Crippen LogP contribution is -2.54. The van der Waals surface area contributed by atoms with Crippen molar-refractivity contribution in [3.8, 4) is 0 Å². The number of hydrazine groups is 1. The Hall–Kier alpha value is -4.57. The lowest BCUT2D eigenvalue weighted by atomic mass is 10.1. The van der Waals surface area contributed by atoms with Gasteiger partial charge in [0.2, 0.25) is 5.91 Å². The number of nitrogens with one attached hydrogen (secondary N) is 1. The SMILES string of the molecule is O=C(NN(C(=O)c1cccc(Cl)c1)C1CC(=O)N(c2ccccc2)C1=O)c1ccccc1[N+](=O)[O-]. The third-order valence-electron chi connectivity index (χ3n) is 5.31. The van der Waals surface area contributed by atoms with Crippen molar-refractivity contribution in [1.82, 2.24) is 10.4 Å². The van der Waals surface area contributed by atoms with Crippen LogP contribution in [-0.4, -0.2) is 39.6 Å². The number of carbonyl (C=O) groups is 4. The van der Waals surface area contributed by atoms with Gasteiger partial charge in [-0.2, -0.15) is 0 Å². The molecule has 0 spiro atoms. The van der Waals surface area contributed by atoms with Crippen molar-refractivity contribution in [1.29, 1.82) is 0 Å². The minimum Gasteiger partial charge on any atom is -0.274 e. The lowest BCUT2D eigenvalue weighted by Gasteiger charge is -2.28. The van der Waals surface area contributed by atoms with E-state index in [2.05, 4.69) is 5.43 Å². The number of nitro benzene ring substituents is 1. The zero-order valence-electron chi connectivity index (χ0n) is 18.0. The van der Waals surface area contributed by atoms with Crippen LogP contribution in [0.2, 0.25) is 5.02 Å². The van der Waals surface area contributed by atoms with Crippen LogP contribution in [0.1, 0.15) is 27.1 Å². The summed E-state index contributed by atoms with van der Waals surface area (Å²) < 4.78 is 0. The van der Waals surface area contributed by atoms with Gasteiger partial charge in [0, 0.05) is 16.7 Å². The summed E-state index contributed by atoms with van der Waals surface area (Å²) in [6.45, 7) is 0. The molecule has 3 aromatic carbocycles. The first-order valence-corrected chi connectivity index (χ1v) is 10.7. The van der Waals surface area contributed by atoms with E-state index < -0.39 is 46.7 Å². The molecular weight excluding hydrogens is 476 g/mol. The number of para-hydroxylation sites is 2. The van der Waals surface area contributed by atoms with E-state index in [1.54, 1.807) is 30.3 Å². The van der Waals surface area contributed by atoms with Crippen LogP contribution in [0, 0.1) is 10.1 Å². The van der Waals surface area contributed by atoms with E-state index in [9.17, 15) is 29.3 Å². The maximum absolute atomic E-state index is 13.4. The van der Waals surface area contributed by atoms with Gasteiger partial charge in [0.25, 0.3) is 23.4 Å². The highest BCUT2D eigenvalue weighted by Gasteiger charge is 2.45. The second kappa shape index (κ2) is 9.74. The molecule has 1 N–H and O–H groups in total. The molecule has 11 heteroatoms. The molecule has 1 fully saturated rings. The Morgan fingerprint density at radius 3 is 2.37 bits per heavy atom. The summed E-state index contributed by atoms with van der Waals surface area (Å²) in [6, 6.07) is 17.7. The highest BCUT2D eigenvalue weighted by Crippen LogP contribution is 2.27. The standard InChI is InChI=1S/C24H17ClN4O6/c25-16-8-6-7-15(13-16)23(32)28(26-22(31)18-11-4-5-12-19(18)29(34)35)20-14-21(30)27(24(20)33)17-9-2-1-3-10-17/h1-13,20H,14H2,(H,26,31). The van der Waals surface area contributed by atoms with E-state index in [0.29, 0.717) is 5.69 Å². The van der Waals surface area contributed by atoms with Gasteiger partial charge in [-0.15, -0.1) is 0 Å². The van der Waals surface area contributed by atoms with Crippen molar-refractivity contribution < 1.29 is 24.1 Å². The molecule has 1 aliphatic rings. The van der Waals surface area contributed by atoms with Gasteiger partial charge in [-0.1, -0.05) is 48.0 Å². The number of anilines is 1. The Morgan fingerprint density at radius 2 is 1.69 bits per heavy atom. The number of hydrogen-bond donors (Lipinski definition) is 1. The van der Waals surface area contributed by atoms with Gasteiger partial charge < -0.3 is 0 Å². The van der Waals surface area contributed by atoms with Crippen LogP contribution in [0.3, 0.4) is 0 Å². The second-order valence-electron chi connectivity index (χ2n) is 7.52. The Balaban J connectivity index is 1.72. The minimum atomic E-state index is -1.39. The molecular formula is C24H17ClN4O6. The van der Waals surface area contributed by atoms with Crippen molar-refractivity contribution in [3.05, 3.63) is 105 Å². The summed E-state index contributed by atoms with van der Waals surface area (Å²) in [5, 5.41) is 12.3. The van der Waals surface area contributed by atoms with E-state index in [-0.39, 0.29) is 16.1 Å². The summed E-state index contributed by atoms with van der Waals surface area (Å²) in [5.74, 6) is -3.12. The first-order valence-electron chi connectivity index (χ1n) is 10.3. The Bertz CT molecular complexity index is 1350. The summed E-state index contributed by atoms with van der Waals surface area (Å²) in [4.78, 5) is 64.0. The third-order valence-corrected chi connectivity index (χ3v) is 5.54. The van der Waals surface area contributed by atoms with Crippen molar-refractivity contribution in [2.24, 2.45) is 0 Å². The van der Waals surface area contributed by atoms with Crippen LogP contribution >= 0.6 is 11.6 Å². The number of amides is 4. The largest absolute Gasteiger partial charge is 0.282 e. The first kappa shape index (κ1) is 23.6. The van der Waals surface area contributed by atoms with E-state index in [0.717, 1.165) is 16.0 Å². The minimum absolute atomic E-state index is 0.0405. The molecule has 176 valence electrons. The molecule has 0 bridgehead atoms. The molecule has 3 aromatic rings. The summed E-state index contributed by atoms with van der Waals surface area (Å²) >= 11 is 6.00. The number of benzene rings is 3. The molecule has 1 saturated heterocycles. The summed E-state index contributed by atoms with van der Waals surface area (Å²) in [6.07, 6.45) is -0.406. The van der Waals surface area contributed by atoms with Crippen molar-refractivity contribution >= 4 is 46.6 Å². The van der Waals surface area contributed by atoms with Gasteiger partial charge in [0.05, 0.1) is 17.0 Å². The molecule has 1 heterocycles. The fourth-order valence-electron chi connectivity index (χ4n) is 3.69. The maximum atomic E-state index is 13.4. The van der Waals surface area contributed by atoms with Gasteiger partial charge in [-0.05, 0) is 36.4 Å². The molecule has 35 heavy (non-hydrogen) atoms. The monoisotopic (exact) mass is 492 g/mol. The highest BCUT2D eigenvalue weighted by molar-refractivity contribution is 6.31. The number of carbonyl (C=O) groups excluding carboxylic acids is 4. The molecule has 1 aliphatic heterocycles. The summed E-state index contributed by atoms with van der Waals surface area (Å²) in [5.41, 5.74) is 1.85. The van der Waals surface area contributed by atoms with Gasteiger partial charge >= 0.3 is 0 Å². The van der Waals surface area contributed by atoms with Gasteiger partial charge in [-0.3, -0.25) is 34.7 Å². The molecule has 0 radical (unpaired) electrons. The Kier molecular flexibility index (Phi) is 6.56. The van der Waals surface area contributed by atoms with Crippen LogP contribution in [0.4, 0.5) is 11.4 Å². The quantitative estimate of drug-likeness (QED) is 0.330. The number of nitro groups is 1. The predicted octanol–water partition coefficient (Wildman–Crippen LogP) is 3.37. The van der Waals surface area contributed by atoms with Crippen LogP contribution in [0.5, 0.6) is 0 Å². The second-order valence-corrected chi connectivity index (χ2v) is 7.96. The molecule has 1 atom stereocenters. The fraction of sp³-hybridized carbons (Fsp3) is 0.0833. The highest BCUT2D eigenvalue weighted by atomic mass is 35.5. The number of halogens is 1. The van der Waals surface area contributed by atoms with E-state index >= 15 is 0 Å². The van der Waals surface area contributed by atoms with Crippen LogP contribution < -0.4 is 10.3 Å². The zero-order chi connectivity index (χ0) is 25.1. The number of rotatable bonds is 5. The van der Waals surface area contributed by atoms with Crippen molar-refractivity contribution in [2.45, 2.75) is 12.5 Å². The maximum Gasteiger partial charge on any atom is 0.282 e. The van der Waals surface area contributed by atoms with E-state index in [1.165, 1.54) is 42.5 Å². The fourth-order valence-corrected chi connectivity index (χ4v) is 3.88. The molecule has 1 unspecified atom stereocenters.